The molecule has 3 N–H and O–H groups in total. The molecule has 0 saturated carbocycles. The minimum atomic E-state index is -1.25. The van der Waals surface area contributed by atoms with E-state index in [1.807, 2.05) is 0 Å². The number of nitrogens with zero attached hydrogens (tertiary/aromatic N) is 1. The van der Waals surface area contributed by atoms with Gasteiger partial charge >= 0.3 is 11.9 Å². The number of rotatable bonds is 5. The van der Waals surface area contributed by atoms with E-state index in [0.29, 0.717) is 11.8 Å². The Morgan fingerprint density at radius 3 is 2.32 bits per heavy atom. The van der Waals surface area contributed by atoms with Crippen molar-refractivity contribution in [3.63, 3.8) is 0 Å². The van der Waals surface area contributed by atoms with Crippen LogP contribution in [0.2, 0.25) is 0 Å². The quantitative estimate of drug-likeness (QED) is 0.706. The van der Waals surface area contributed by atoms with Crippen molar-refractivity contribution < 1.29 is 24.6 Å². The number of carboxylic acid groups (broad SMARTS) is 2. The third kappa shape index (κ3) is 4.18. The van der Waals surface area contributed by atoms with Crippen LogP contribution in [0.3, 0.4) is 0 Å². The van der Waals surface area contributed by atoms with Crippen LogP contribution >= 0.6 is 11.3 Å². The molecule has 0 aliphatic carbocycles. The number of aliphatic carboxylic acids is 1. The molecule has 0 atom stereocenters. The van der Waals surface area contributed by atoms with Gasteiger partial charge in [-0.3, -0.25) is 10.1 Å². The Morgan fingerprint density at radius 2 is 1.89 bits per heavy atom. The van der Waals surface area contributed by atoms with E-state index in [4.69, 9.17) is 10.2 Å². The summed E-state index contributed by atoms with van der Waals surface area (Å²) in [6, 6.07) is 0. The molecule has 102 valence electrons. The van der Waals surface area contributed by atoms with Gasteiger partial charge in [0.15, 0.2) is 5.13 Å². The normalized spacial score (nSPS) is 10.9. The molecular formula is C11H12N2O5S. The lowest BCUT2D eigenvalue weighted by molar-refractivity contribution is -0.131. The van der Waals surface area contributed by atoms with Crippen molar-refractivity contribution in [3.05, 3.63) is 22.7 Å². The van der Waals surface area contributed by atoms with E-state index < -0.39 is 17.8 Å². The molecule has 7 nitrogen and oxygen atoms in total. The van der Waals surface area contributed by atoms with Crippen molar-refractivity contribution in [2.24, 2.45) is 0 Å². The van der Waals surface area contributed by atoms with Crippen molar-refractivity contribution in [2.75, 3.05) is 5.32 Å². The monoisotopic (exact) mass is 284 g/mol. The lowest BCUT2D eigenvalue weighted by Crippen LogP contribution is -2.08. The molecule has 8 heteroatoms. The molecule has 1 aromatic heterocycles. The Balaban J connectivity index is 2.91. The van der Waals surface area contributed by atoms with Crippen LogP contribution in [0.5, 0.6) is 0 Å². The zero-order valence-corrected chi connectivity index (χ0v) is 11.0. The fourth-order valence-electron chi connectivity index (χ4n) is 1.22. The molecule has 19 heavy (non-hydrogen) atoms. The lowest BCUT2D eigenvalue weighted by Gasteiger charge is -2.00. The summed E-state index contributed by atoms with van der Waals surface area (Å²) in [7, 11) is 0. The van der Waals surface area contributed by atoms with E-state index in [9.17, 15) is 14.4 Å². The predicted octanol–water partition coefficient (Wildman–Crippen LogP) is 1.54. The summed E-state index contributed by atoms with van der Waals surface area (Å²) >= 11 is 0.835. The molecule has 0 spiro atoms. The maximum absolute atomic E-state index is 11.3. The number of anilines is 1. The van der Waals surface area contributed by atoms with Crippen LogP contribution in [-0.4, -0.2) is 33.0 Å². The molecule has 0 aromatic carbocycles. The van der Waals surface area contributed by atoms with Gasteiger partial charge in [-0.15, -0.1) is 0 Å². The summed E-state index contributed by atoms with van der Waals surface area (Å²) in [6.45, 7) is 3.58. The standard InChI is InChI=1S/C11H12N2O5S/c1-5(2)8-9(10(17)18)19-11(13-8)12-6(14)3-4-7(15)16/h3-5H,1-2H3,(H,15,16)(H,17,18)(H,12,13,14)/b4-3+. The molecule has 1 amide bonds. The zero-order chi connectivity index (χ0) is 14.6. The van der Waals surface area contributed by atoms with E-state index in [-0.39, 0.29) is 15.9 Å². The molecule has 0 saturated heterocycles. The highest BCUT2D eigenvalue weighted by Crippen LogP contribution is 2.28. The first-order chi connectivity index (χ1) is 8.81. The second kappa shape index (κ2) is 6.10. The molecule has 1 aromatic rings. The van der Waals surface area contributed by atoms with E-state index in [1.54, 1.807) is 13.8 Å². The molecule has 0 fully saturated rings. The van der Waals surface area contributed by atoms with Gasteiger partial charge in [0.05, 0.1) is 5.69 Å². The number of carbonyl (C=O) groups excluding carboxylic acids is 1. The van der Waals surface area contributed by atoms with Gasteiger partial charge in [0.25, 0.3) is 0 Å². The Morgan fingerprint density at radius 1 is 1.26 bits per heavy atom. The van der Waals surface area contributed by atoms with E-state index in [0.717, 1.165) is 17.4 Å². The highest BCUT2D eigenvalue weighted by atomic mass is 32.1. The third-order valence-electron chi connectivity index (χ3n) is 2.00. The second-order valence-electron chi connectivity index (χ2n) is 3.85. The van der Waals surface area contributed by atoms with Gasteiger partial charge in [-0.25, -0.2) is 14.6 Å². The predicted molar refractivity (Wildman–Crippen MR) is 68.6 cm³/mol. The van der Waals surface area contributed by atoms with E-state index in [2.05, 4.69) is 10.3 Å². The Hall–Kier alpha value is -2.22. The fourth-order valence-corrected chi connectivity index (χ4v) is 2.19. The third-order valence-corrected chi connectivity index (χ3v) is 2.98. The number of carbonyl (C=O) groups is 3. The molecule has 0 bridgehead atoms. The van der Waals surface area contributed by atoms with Gasteiger partial charge in [-0.2, -0.15) is 0 Å². The number of nitrogens with one attached hydrogen (secondary N) is 1. The van der Waals surface area contributed by atoms with Crippen molar-refractivity contribution in [3.8, 4) is 0 Å². The van der Waals surface area contributed by atoms with Crippen LogP contribution < -0.4 is 5.32 Å². The number of carboxylic acids is 2. The molecular weight excluding hydrogens is 272 g/mol. The maximum Gasteiger partial charge on any atom is 0.347 e. The largest absolute Gasteiger partial charge is 0.478 e. The van der Waals surface area contributed by atoms with Crippen molar-refractivity contribution in [1.29, 1.82) is 0 Å². The summed E-state index contributed by atoms with van der Waals surface area (Å²) in [5.74, 6) is -3.13. The highest BCUT2D eigenvalue weighted by molar-refractivity contribution is 7.17. The maximum atomic E-state index is 11.3. The topological polar surface area (TPSA) is 117 Å². The Bertz CT molecular complexity index is 547. The second-order valence-corrected chi connectivity index (χ2v) is 4.85. The van der Waals surface area contributed by atoms with Gasteiger partial charge < -0.3 is 10.2 Å². The number of thiazole rings is 1. The van der Waals surface area contributed by atoms with Crippen molar-refractivity contribution >= 4 is 34.3 Å². The number of hydrogen-bond donors (Lipinski definition) is 3. The highest BCUT2D eigenvalue weighted by Gasteiger charge is 2.20. The number of aromatic carboxylic acids is 1. The van der Waals surface area contributed by atoms with E-state index >= 15 is 0 Å². The lowest BCUT2D eigenvalue weighted by atomic mass is 10.1. The first-order valence-electron chi connectivity index (χ1n) is 5.27. The number of aromatic nitrogens is 1. The zero-order valence-electron chi connectivity index (χ0n) is 10.2. The number of hydrogen-bond acceptors (Lipinski definition) is 5. The van der Waals surface area contributed by atoms with Gasteiger partial charge in [0.1, 0.15) is 4.88 Å². The average Bonchev–Trinajstić information content (AvgIpc) is 2.70. The summed E-state index contributed by atoms with van der Waals surface area (Å²) in [5, 5.41) is 19.8. The molecule has 1 rings (SSSR count). The summed E-state index contributed by atoms with van der Waals surface area (Å²) < 4.78 is 0. The summed E-state index contributed by atoms with van der Waals surface area (Å²) in [5.41, 5.74) is 0.384. The first kappa shape index (κ1) is 14.8. The molecule has 0 unspecified atom stereocenters. The van der Waals surface area contributed by atoms with Crippen LogP contribution in [0, 0.1) is 0 Å². The van der Waals surface area contributed by atoms with Gasteiger partial charge in [0.2, 0.25) is 5.91 Å². The van der Waals surface area contributed by atoms with Crippen molar-refractivity contribution in [2.45, 2.75) is 19.8 Å². The summed E-state index contributed by atoms with van der Waals surface area (Å²) in [6.07, 6.45) is 1.52. The summed E-state index contributed by atoms with van der Waals surface area (Å²) in [4.78, 5) is 36.7. The molecule has 0 aliphatic rings. The SMILES string of the molecule is CC(C)c1nc(NC(=O)/C=C/C(=O)O)sc1C(=O)O. The van der Waals surface area contributed by atoms with Crippen LogP contribution in [0.25, 0.3) is 0 Å². The van der Waals surface area contributed by atoms with E-state index in [1.165, 1.54) is 0 Å². The Kier molecular flexibility index (Phi) is 4.76. The molecule has 0 aliphatic heterocycles. The molecule has 1 heterocycles. The fraction of sp³-hybridized carbons (Fsp3) is 0.273. The average molecular weight is 284 g/mol. The number of amides is 1. The first-order valence-corrected chi connectivity index (χ1v) is 6.09. The van der Waals surface area contributed by atoms with Crippen molar-refractivity contribution in [1.82, 2.24) is 4.98 Å². The van der Waals surface area contributed by atoms with Gasteiger partial charge in [-0.1, -0.05) is 25.2 Å². The minimum Gasteiger partial charge on any atom is -0.478 e. The molecule has 0 radical (unpaired) electrons. The van der Waals surface area contributed by atoms with Crippen LogP contribution in [0.1, 0.15) is 35.1 Å². The van der Waals surface area contributed by atoms with Gasteiger partial charge in [-0.05, 0) is 5.92 Å². The van der Waals surface area contributed by atoms with Crippen LogP contribution in [0.15, 0.2) is 12.2 Å². The Labute approximate surface area is 112 Å². The van der Waals surface area contributed by atoms with Crippen LogP contribution in [-0.2, 0) is 9.59 Å². The van der Waals surface area contributed by atoms with Gasteiger partial charge in [0, 0.05) is 12.2 Å². The van der Waals surface area contributed by atoms with Crippen LogP contribution in [0.4, 0.5) is 5.13 Å². The minimum absolute atomic E-state index is 0.0625. The smallest absolute Gasteiger partial charge is 0.347 e.